The van der Waals surface area contributed by atoms with Gasteiger partial charge in [-0.05, 0) is 6.92 Å². The summed E-state index contributed by atoms with van der Waals surface area (Å²) in [4.78, 5) is 10.9. The van der Waals surface area contributed by atoms with E-state index in [4.69, 9.17) is 0 Å². The third kappa shape index (κ3) is 1.34. The molecule has 1 N–H and O–H groups in total. The van der Waals surface area contributed by atoms with Gasteiger partial charge in [0.05, 0.1) is 0 Å². The fraction of sp³-hybridized carbons (Fsp3) is 0.333. The van der Waals surface area contributed by atoms with E-state index in [-0.39, 0.29) is 5.91 Å². The Bertz CT molecular complexity index is 206. The van der Waals surface area contributed by atoms with Crippen LogP contribution in [0.25, 0.3) is 0 Å². The second kappa shape index (κ2) is 3.00. The van der Waals surface area contributed by atoms with Gasteiger partial charge in [-0.1, -0.05) is 5.16 Å². The molecule has 0 aromatic carbocycles. The molecule has 4 nitrogen and oxygen atoms in total. The molecule has 54 valence electrons. The smallest absolute Gasteiger partial charge is 0.273 e. The average Bonchev–Trinajstić information content (AvgIpc) is 2.38. The maximum atomic E-state index is 10.9. The van der Waals surface area contributed by atoms with E-state index in [1.165, 1.54) is 12.3 Å². The van der Waals surface area contributed by atoms with Gasteiger partial charge < -0.3 is 9.84 Å². The molecule has 1 heterocycles. The third-order valence-corrected chi connectivity index (χ3v) is 1.01. The fourth-order valence-corrected chi connectivity index (χ4v) is 0.581. The largest absolute Gasteiger partial charge is 0.364 e. The Morgan fingerprint density at radius 1 is 1.90 bits per heavy atom. The fourth-order valence-electron chi connectivity index (χ4n) is 0.581. The van der Waals surface area contributed by atoms with Crippen LogP contribution >= 0.6 is 0 Å². The van der Waals surface area contributed by atoms with Crippen LogP contribution < -0.4 is 5.32 Å². The van der Waals surface area contributed by atoms with Crippen molar-refractivity contribution >= 4 is 5.91 Å². The first-order chi connectivity index (χ1) is 4.84. The number of carbonyl (C=O) groups excluding carboxylic acids is 1. The Hall–Kier alpha value is -1.32. The maximum absolute atomic E-state index is 10.9. The first-order valence-corrected chi connectivity index (χ1v) is 3.03. The van der Waals surface area contributed by atoms with Gasteiger partial charge in [-0.25, -0.2) is 0 Å². The third-order valence-electron chi connectivity index (χ3n) is 1.01. The molecule has 1 amide bonds. The van der Waals surface area contributed by atoms with Gasteiger partial charge in [-0.3, -0.25) is 4.79 Å². The second-order valence-corrected chi connectivity index (χ2v) is 1.74. The van der Waals surface area contributed by atoms with Crippen molar-refractivity contribution in [3.63, 3.8) is 0 Å². The van der Waals surface area contributed by atoms with Crippen molar-refractivity contribution in [2.45, 2.75) is 6.92 Å². The van der Waals surface area contributed by atoms with Gasteiger partial charge in [-0.15, -0.1) is 0 Å². The zero-order valence-corrected chi connectivity index (χ0v) is 5.63. The zero-order valence-electron chi connectivity index (χ0n) is 5.63. The van der Waals surface area contributed by atoms with Crippen molar-refractivity contribution in [2.75, 3.05) is 6.54 Å². The molecule has 0 unspecified atom stereocenters. The molecule has 0 spiro atoms. The van der Waals surface area contributed by atoms with Crippen LogP contribution in [0.3, 0.4) is 0 Å². The molecule has 0 saturated carbocycles. The summed E-state index contributed by atoms with van der Waals surface area (Å²) < 4.78 is 4.47. The molecule has 10 heavy (non-hydrogen) atoms. The zero-order chi connectivity index (χ0) is 7.40. The molecule has 1 rings (SSSR count). The Morgan fingerprint density at radius 2 is 2.70 bits per heavy atom. The number of hydrogen-bond donors (Lipinski definition) is 1. The number of amides is 1. The standard InChI is InChI=1S/C6H8N2O2/c1-2-7-6(9)5-3-4-10-8-5/h3-4H,2H2,1H3,(H,7,9). The van der Waals surface area contributed by atoms with Gasteiger partial charge in [0.2, 0.25) is 0 Å². The Kier molecular flexibility index (Phi) is 2.04. The number of carbonyl (C=O) groups is 1. The molecule has 0 fully saturated rings. The lowest BCUT2D eigenvalue weighted by Crippen LogP contribution is -2.22. The topological polar surface area (TPSA) is 55.1 Å². The van der Waals surface area contributed by atoms with Crippen LogP contribution in [-0.4, -0.2) is 17.6 Å². The first-order valence-electron chi connectivity index (χ1n) is 3.03. The second-order valence-electron chi connectivity index (χ2n) is 1.74. The highest BCUT2D eigenvalue weighted by Gasteiger charge is 2.05. The summed E-state index contributed by atoms with van der Waals surface area (Å²) in [5, 5.41) is 6.03. The lowest BCUT2D eigenvalue weighted by Gasteiger charge is -1.93. The van der Waals surface area contributed by atoms with E-state index in [0.717, 1.165) is 0 Å². The molecule has 0 atom stereocenters. The Morgan fingerprint density at radius 3 is 3.20 bits per heavy atom. The summed E-state index contributed by atoms with van der Waals surface area (Å²) in [5.74, 6) is -0.198. The Balaban J connectivity index is 2.59. The first kappa shape index (κ1) is 6.80. The number of rotatable bonds is 2. The van der Waals surface area contributed by atoms with E-state index in [2.05, 4.69) is 15.0 Å². The van der Waals surface area contributed by atoms with E-state index in [9.17, 15) is 4.79 Å². The van der Waals surface area contributed by atoms with Gasteiger partial charge in [0.15, 0.2) is 5.69 Å². The SMILES string of the molecule is CCNC(=O)c1ccon1. The molecule has 1 aromatic heterocycles. The summed E-state index contributed by atoms with van der Waals surface area (Å²) in [6, 6.07) is 1.52. The average molecular weight is 140 g/mol. The molecule has 0 aliphatic heterocycles. The highest BCUT2D eigenvalue weighted by molar-refractivity contribution is 5.91. The number of nitrogens with one attached hydrogen (secondary N) is 1. The van der Waals surface area contributed by atoms with Gasteiger partial charge in [0.25, 0.3) is 5.91 Å². The summed E-state index contributed by atoms with van der Waals surface area (Å²) >= 11 is 0. The van der Waals surface area contributed by atoms with Crippen molar-refractivity contribution in [1.82, 2.24) is 10.5 Å². The maximum Gasteiger partial charge on any atom is 0.273 e. The van der Waals surface area contributed by atoms with Crippen LogP contribution in [-0.2, 0) is 0 Å². The predicted molar refractivity (Wildman–Crippen MR) is 34.5 cm³/mol. The minimum Gasteiger partial charge on any atom is -0.364 e. The lowest BCUT2D eigenvalue weighted by atomic mass is 10.4. The van der Waals surface area contributed by atoms with Crippen LogP contribution in [0.5, 0.6) is 0 Å². The van der Waals surface area contributed by atoms with Gasteiger partial charge >= 0.3 is 0 Å². The lowest BCUT2D eigenvalue weighted by molar-refractivity contribution is 0.0947. The van der Waals surface area contributed by atoms with Crippen LogP contribution in [0, 0.1) is 0 Å². The highest BCUT2D eigenvalue weighted by Crippen LogP contribution is 1.92. The summed E-state index contributed by atoms with van der Waals surface area (Å²) in [7, 11) is 0. The van der Waals surface area contributed by atoms with Crippen molar-refractivity contribution in [1.29, 1.82) is 0 Å². The minimum atomic E-state index is -0.198. The van der Waals surface area contributed by atoms with Crippen molar-refractivity contribution in [3.8, 4) is 0 Å². The molecule has 0 aliphatic rings. The van der Waals surface area contributed by atoms with E-state index >= 15 is 0 Å². The van der Waals surface area contributed by atoms with Crippen molar-refractivity contribution in [2.24, 2.45) is 0 Å². The predicted octanol–water partition coefficient (Wildman–Crippen LogP) is 0.424. The summed E-state index contributed by atoms with van der Waals surface area (Å²) in [6.07, 6.45) is 1.37. The normalized spacial score (nSPS) is 9.30. The number of nitrogens with zero attached hydrogens (tertiary/aromatic N) is 1. The molecular weight excluding hydrogens is 132 g/mol. The van der Waals surface area contributed by atoms with Gasteiger partial charge in [-0.2, -0.15) is 0 Å². The summed E-state index contributed by atoms with van der Waals surface area (Å²) in [5.41, 5.74) is 0.321. The van der Waals surface area contributed by atoms with Crippen LogP contribution in [0.4, 0.5) is 0 Å². The monoisotopic (exact) mass is 140 g/mol. The van der Waals surface area contributed by atoms with E-state index in [1.54, 1.807) is 0 Å². The molecule has 0 saturated heterocycles. The van der Waals surface area contributed by atoms with Crippen LogP contribution in [0.15, 0.2) is 16.9 Å². The quantitative estimate of drug-likeness (QED) is 0.647. The summed E-state index contributed by atoms with van der Waals surface area (Å²) in [6.45, 7) is 2.45. The number of hydrogen-bond acceptors (Lipinski definition) is 3. The minimum absolute atomic E-state index is 0.198. The molecule has 0 aliphatic carbocycles. The highest BCUT2D eigenvalue weighted by atomic mass is 16.5. The number of aromatic nitrogens is 1. The molecular formula is C6H8N2O2. The van der Waals surface area contributed by atoms with E-state index in [0.29, 0.717) is 12.2 Å². The molecule has 0 bridgehead atoms. The van der Waals surface area contributed by atoms with E-state index < -0.39 is 0 Å². The Labute approximate surface area is 58.2 Å². The molecule has 0 radical (unpaired) electrons. The van der Waals surface area contributed by atoms with Crippen molar-refractivity contribution < 1.29 is 9.32 Å². The van der Waals surface area contributed by atoms with E-state index in [1.807, 2.05) is 6.92 Å². The van der Waals surface area contributed by atoms with Crippen LogP contribution in [0.2, 0.25) is 0 Å². The van der Waals surface area contributed by atoms with Gasteiger partial charge in [0.1, 0.15) is 6.26 Å². The molecule has 4 heteroatoms. The van der Waals surface area contributed by atoms with Crippen LogP contribution in [0.1, 0.15) is 17.4 Å². The molecule has 1 aromatic rings. The van der Waals surface area contributed by atoms with Gasteiger partial charge in [0, 0.05) is 12.6 Å². The van der Waals surface area contributed by atoms with Crippen molar-refractivity contribution in [3.05, 3.63) is 18.0 Å².